The molecule has 2 rings (SSSR count). The molecule has 1 fully saturated rings. The first-order valence-corrected chi connectivity index (χ1v) is 9.37. The summed E-state index contributed by atoms with van der Waals surface area (Å²) in [7, 11) is -6.62. The third-order valence-electron chi connectivity index (χ3n) is 4.49. The molecule has 0 amide bonds. The van der Waals surface area contributed by atoms with E-state index in [0.717, 1.165) is 18.9 Å². The minimum absolute atomic E-state index is 0.0770. The van der Waals surface area contributed by atoms with E-state index in [-0.39, 0.29) is 11.5 Å². The second kappa shape index (κ2) is 7.05. The summed E-state index contributed by atoms with van der Waals surface area (Å²) in [6.07, 6.45) is -3.08. The van der Waals surface area contributed by atoms with E-state index >= 15 is 0 Å². The van der Waals surface area contributed by atoms with Crippen molar-refractivity contribution in [3.63, 3.8) is 0 Å². The molecule has 0 unspecified atom stereocenters. The van der Waals surface area contributed by atoms with Gasteiger partial charge in [0, 0.05) is 0 Å². The van der Waals surface area contributed by atoms with Gasteiger partial charge in [-0.2, -0.15) is 22.0 Å². The lowest BCUT2D eigenvalue weighted by Crippen LogP contribution is -2.45. The average molecular weight is 406 g/mol. The van der Waals surface area contributed by atoms with Crippen molar-refractivity contribution in [2.75, 3.05) is 0 Å². The first kappa shape index (κ1) is 21.1. The Balaban J connectivity index is 2.29. The van der Waals surface area contributed by atoms with Crippen LogP contribution in [-0.4, -0.2) is 21.6 Å². The van der Waals surface area contributed by atoms with Gasteiger partial charge in [-0.05, 0) is 36.3 Å². The fraction of sp³-hybridized carbons (Fsp3) is 0.600. The van der Waals surface area contributed by atoms with Crippen LogP contribution in [0.1, 0.15) is 44.1 Å². The minimum atomic E-state index is -6.62. The lowest BCUT2D eigenvalue weighted by Gasteiger charge is -2.28. The molecule has 1 aromatic carbocycles. The van der Waals surface area contributed by atoms with Gasteiger partial charge in [-0.25, -0.2) is 4.39 Å². The van der Waals surface area contributed by atoms with Crippen molar-refractivity contribution >= 4 is 7.60 Å². The largest absolute Gasteiger partial charge is 0.477 e. The minimum Gasteiger partial charge on any atom is -0.424 e. The molecule has 0 atom stereocenters. The number of ether oxygens (including phenoxy) is 1. The number of halogens is 6. The van der Waals surface area contributed by atoms with Crippen molar-refractivity contribution in [1.82, 2.24) is 0 Å². The highest BCUT2D eigenvalue weighted by Crippen LogP contribution is 2.60. The zero-order chi connectivity index (χ0) is 19.9. The second-order valence-electron chi connectivity index (χ2n) is 6.44. The van der Waals surface area contributed by atoms with Gasteiger partial charge in [0.15, 0.2) is 11.6 Å². The highest BCUT2D eigenvalue weighted by atomic mass is 31.2. The summed E-state index contributed by atoms with van der Waals surface area (Å²) in [6, 6.07) is 1.51. The van der Waals surface area contributed by atoms with E-state index in [9.17, 15) is 30.9 Å². The van der Waals surface area contributed by atoms with Crippen molar-refractivity contribution in [3.05, 3.63) is 29.3 Å². The maximum absolute atomic E-state index is 14.2. The van der Waals surface area contributed by atoms with Crippen LogP contribution in [0.2, 0.25) is 0 Å². The van der Waals surface area contributed by atoms with E-state index in [0.29, 0.717) is 24.8 Å². The lowest BCUT2D eigenvalue weighted by molar-refractivity contribution is -0.279. The van der Waals surface area contributed by atoms with Crippen LogP contribution >= 0.6 is 7.60 Å². The molecular weight excluding hydrogens is 389 g/mol. The quantitative estimate of drug-likeness (QED) is 0.534. The molecule has 0 radical (unpaired) electrons. The maximum Gasteiger partial charge on any atom is 0.477 e. The van der Waals surface area contributed by atoms with E-state index < -0.39 is 36.8 Å². The van der Waals surface area contributed by atoms with Gasteiger partial charge >= 0.3 is 19.4 Å². The highest BCUT2D eigenvalue weighted by molar-refractivity contribution is 7.53. The third-order valence-corrected chi connectivity index (χ3v) is 5.48. The molecule has 1 aliphatic carbocycles. The molecular formula is C15H17F6O4P. The predicted molar refractivity (Wildman–Crippen MR) is 79.3 cm³/mol. The van der Waals surface area contributed by atoms with Crippen molar-refractivity contribution in [3.8, 4) is 5.75 Å². The predicted octanol–water partition coefficient (Wildman–Crippen LogP) is 5.00. The summed E-state index contributed by atoms with van der Waals surface area (Å²) in [5, 5.41) is 0. The summed E-state index contributed by atoms with van der Waals surface area (Å²) >= 11 is 0. The van der Waals surface area contributed by atoms with Gasteiger partial charge in [-0.3, -0.25) is 4.57 Å². The molecule has 2 N–H and O–H groups in total. The first-order chi connectivity index (χ1) is 11.8. The lowest BCUT2D eigenvalue weighted by atomic mass is 9.79. The van der Waals surface area contributed by atoms with Gasteiger partial charge < -0.3 is 14.5 Å². The standard InChI is InChI=1S/C15H17F6O4P/c1-8-2-4-9(5-3-8)10-6-7-11(13(17)12(10)16)25-14(18,19)15(20,21)26(22,23)24/h6-9H,2-5H2,1H3,(H2,22,23,24). The number of hydrogen-bond acceptors (Lipinski definition) is 2. The molecule has 0 saturated heterocycles. The van der Waals surface area contributed by atoms with Crippen molar-refractivity contribution in [1.29, 1.82) is 0 Å². The van der Waals surface area contributed by atoms with Crippen LogP contribution in [0.25, 0.3) is 0 Å². The summed E-state index contributed by atoms with van der Waals surface area (Å²) in [5.74, 6) is -4.89. The first-order valence-electron chi connectivity index (χ1n) is 7.76. The zero-order valence-corrected chi connectivity index (χ0v) is 14.5. The SMILES string of the molecule is CC1CCC(c2ccc(OC(F)(F)C(F)(F)P(=O)(O)O)c(F)c2F)CC1. The van der Waals surface area contributed by atoms with Gasteiger partial charge in [0.1, 0.15) is 0 Å². The Morgan fingerprint density at radius 1 is 1.04 bits per heavy atom. The fourth-order valence-corrected chi connectivity index (χ4v) is 3.27. The molecule has 148 valence electrons. The Hall–Kier alpha value is -1.25. The van der Waals surface area contributed by atoms with Gasteiger partial charge in [0.2, 0.25) is 5.82 Å². The molecule has 0 bridgehead atoms. The number of alkyl halides is 4. The molecule has 1 saturated carbocycles. The molecule has 11 heteroatoms. The van der Waals surface area contributed by atoms with Gasteiger partial charge in [-0.15, -0.1) is 0 Å². The Morgan fingerprint density at radius 2 is 1.58 bits per heavy atom. The van der Waals surface area contributed by atoms with Crippen LogP contribution < -0.4 is 4.74 Å². The Kier molecular flexibility index (Phi) is 5.71. The van der Waals surface area contributed by atoms with E-state index in [2.05, 4.69) is 4.74 Å². The van der Waals surface area contributed by atoms with Crippen molar-refractivity contribution in [2.24, 2.45) is 5.92 Å². The summed E-state index contributed by atoms with van der Waals surface area (Å²) in [5.41, 5.74) is -5.99. The molecule has 1 aromatic rings. The van der Waals surface area contributed by atoms with E-state index in [1.54, 1.807) is 0 Å². The van der Waals surface area contributed by atoms with Gasteiger partial charge in [0.05, 0.1) is 0 Å². The zero-order valence-electron chi connectivity index (χ0n) is 13.6. The van der Waals surface area contributed by atoms with Gasteiger partial charge in [0.25, 0.3) is 0 Å². The molecule has 0 aliphatic heterocycles. The molecule has 1 aliphatic rings. The highest BCUT2D eigenvalue weighted by Gasteiger charge is 2.71. The van der Waals surface area contributed by atoms with Crippen LogP contribution in [0, 0.1) is 17.6 Å². The third kappa shape index (κ3) is 3.87. The normalized spacial score (nSPS) is 22.3. The van der Waals surface area contributed by atoms with Crippen LogP contribution in [0.4, 0.5) is 26.3 Å². The summed E-state index contributed by atoms with van der Waals surface area (Å²) in [4.78, 5) is 16.7. The molecule has 0 aromatic heterocycles. The van der Waals surface area contributed by atoms with E-state index in [4.69, 9.17) is 9.79 Å². The van der Waals surface area contributed by atoms with E-state index in [1.165, 1.54) is 0 Å². The number of benzene rings is 1. The number of rotatable bonds is 5. The van der Waals surface area contributed by atoms with Crippen LogP contribution in [0.15, 0.2) is 12.1 Å². The molecule has 0 heterocycles. The molecule has 4 nitrogen and oxygen atoms in total. The summed E-state index contributed by atoms with van der Waals surface area (Å²) < 4.78 is 95.5. The molecule has 26 heavy (non-hydrogen) atoms. The Morgan fingerprint density at radius 3 is 2.08 bits per heavy atom. The fourth-order valence-electron chi connectivity index (χ4n) is 2.88. The molecule has 0 spiro atoms. The Bertz CT molecular complexity index is 712. The average Bonchev–Trinajstić information content (AvgIpc) is 2.52. The summed E-state index contributed by atoms with van der Waals surface area (Å²) in [6.45, 7) is 2.01. The van der Waals surface area contributed by atoms with E-state index in [1.807, 2.05) is 6.92 Å². The maximum atomic E-state index is 14.2. The van der Waals surface area contributed by atoms with Crippen LogP contribution in [0.5, 0.6) is 5.75 Å². The monoisotopic (exact) mass is 406 g/mol. The topological polar surface area (TPSA) is 66.8 Å². The van der Waals surface area contributed by atoms with Gasteiger partial charge in [-0.1, -0.05) is 25.8 Å². The second-order valence-corrected chi connectivity index (χ2v) is 8.09. The Labute approximate surface area is 145 Å². The van der Waals surface area contributed by atoms with Crippen molar-refractivity contribution < 1.29 is 45.4 Å². The van der Waals surface area contributed by atoms with Crippen LogP contribution in [-0.2, 0) is 4.57 Å². The smallest absolute Gasteiger partial charge is 0.424 e. The number of hydrogen-bond donors (Lipinski definition) is 2. The van der Waals surface area contributed by atoms with Crippen molar-refractivity contribution in [2.45, 2.75) is 50.3 Å². The van der Waals surface area contributed by atoms with Crippen LogP contribution in [0.3, 0.4) is 0 Å².